The molecule has 1 aliphatic carbocycles. The Morgan fingerprint density at radius 1 is 1.25 bits per heavy atom. The third kappa shape index (κ3) is 2.79. The van der Waals surface area contributed by atoms with Gasteiger partial charge in [0.1, 0.15) is 12.1 Å². The Balaban J connectivity index is 1.76. The molecule has 20 heavy (non-hydrogen) atoms. The summed E-state index contributed by atoms with van der Waals surface area (Å²) in [6.07, 6.45) is 8.09. The monoisotopic (exact) mass is 291 g/mol. The van der Waals surface area contributed by atoms with E-state index in [-0.39, 0.29) is 0 Å². The van der Waals surface area contributed by atoms with Gasteiger partial charge in [-0.1, -0.05) is 25.7 Å². The quantitative estimate of drug-likeness (QED) is 0.850. The van der Waals surface area contributed by atoms with E-state index in [0.717, 1.165) is 41.7 Å². The van der Waals surface area contributed by atoms with Gasteiger partial charge >= 0.3 is 0 Å². The van der Waals surface area contributed by atoms with Crippen molar-refractivity contribution in [3.63, 3.8) is 0 Å². The summed E-state index contributed by atoms with van der Waals surface area (Å²) < 4.78 is 1.09. The van der Waals surface area contributed by atoms with E-state index >= 15 is 0 Å². The van der Waals surface area contributed by atoms with Gasteiger partial charge in [0.25, 0.3) is 0 Å². The summed E-state index contributed by atoms with van der Waals surface area (Å²) in [5, 5.41) is 16.1. The Morgan fingerprint density at radius 2 is 2.00 bits per heavy atom. The summed E-state index contributed by atoms with van der Waals surface area (Å²) >= 11 is 1.66. The van der Waals surface area contributed by atoms with E-state index in [1.54, 1.807) is 17.7 Å². The molecular weight excluding hydrogens is 270 g/mol. The van der Waals surface area contributed by atoms with Gasteiger partial charge in [0, 0.05) is 6.54 Å². The fourth-order valence-corrected chi connectivity index (χ4v) is 3.88. The summed E-state index contributed by atoms with van der Waals surface area (Å²) in [5.41, 5.74) is 1.61. The first kappa shape index (κ1) is 13.8. The number of rotatable bonds is 3. The molecule has 2 heterocycles. The van der Waals surface area contributed by atoms with Crippen molar-refractivity contribution >= 4 is 27.4 Å². The van der Waals surface area contributed by atoms with Crippen LogP contribution in [0, 0.1) is 6.92 Å². The minimum absolute atomic E-state index is 0.579. The van der Waals surface area contributed by atoms with E-state index in [9.17, 15) is 5.11 Å². The Labute approximate surface area is 123 Å². The average Bonchev–Trinajstić information content (AvgIpc) is 2.69. The number of fused-ring (bicyclic) bond motifs is 1. The van der Waals surface area contributed by atoms with E-state index in [0.29, 0.717) is 6.54 Å². The van der Waals surface area contributed by atoms with Crippen LogP contribution in [-0.4, -0.2) is 27.2 Å². The Hall–Kier alpha value is -1.20. The van der Waals surface area contributed by atoms with Gasteiger partial charge in [-0.15, -0.1) is 11.3 Å². The van der Waals surface area contributed by atoms with Crippen molar-refractivity contribution in [2.24, 2.45) is 0 Å². The highest BCUT2D eigenvalue weighted by Gasteiger charge is 2.28. The number of hydrogen-bond donors (Lipinski definition) is 2. The van der Waals surface area contributed by atoms with Gasteiger partial charge in [0.2, 0.25) is 0 Å². The Kier molecular flexibility index (Phi) is 3.89. The van der Waals surface area contributed by atoms with Gasteiger partial charge in [0.15, 0.2) is 0 Å². The molecule has 4 nitrogen and oxygen atoms in total. The van der Waals surface area contributed by atoms with Gasteiger partial charge in [-0.3, -0.25) is 0 Å². The van der Waals surface area contributed by atoms with Gasteiger partial charge in [0.05, 0.1) is 15.8 Å². The van der Waals surface area contributed by atoms with E-state index in [4.69, 9.17) is 0 Å². The highest BCUT2D eigenvalue weighted by Crippen LogP contribution is 2.31. The normalized spacial score (nSPS) is 18.9. The van der Waals surface area contributed by atoms with Crippen molar-refractivity contribution in [1.29, 1.82) is 0 Å². The van der Waals surface area contributed by atoms with Crippen LogP contribution >= 0.6 is 11.3 Å². The zero-order chi connectivity index (χ0) is 14.0. The van der Waals surface area contributed by atoms with Crippen molar-refractivity contribution < 1.29 is 5.11 Å². The molecule has 2 aromatic heterocycles. The van der Waals surface area contributed by atoms with Crippen LogP contribution in [0.4, 0.5) is 5.82 Å². The van der Waals surface area contributed by atoms with Crippen molar-refractivity contribution in [2.75, 3.05) is 11.9 Å². The molecule has 0 atom stereocenters. The zero-order valence-corrected chi connectivity index (χ0v) is 12.7. The Bertz CT molecular complexity index is 588. The first-order valence-corrected chi connectivity index (χ1v) is 8.21. The minimum Gasteiger partial charge on any atom is -0.388 e. The number of aromatic nitrogens is 2. The molecule has 108 valence electrons. The molecule has 0 saturated heterocycles. The van der Waals surface area contributed by atoms with Gasteiger partial charge in [-0.25, -0.2) is 9.97 Å². The summed E-state index contributed by atoms with van der Waals surface area (Å²) in [5.74, 6) is 0.853. The maximum absolute atomic E-state index is 10.7. The second-order valence-corrected chi connectivity index (χ2v) is 6.69. The van der Waals surface area contributed by atoms with Crippen molar-refractivity contribution in [3.8, 4) is 0 Å². The summed E-state index contributed by atoms with van der Waals surface area (Å²) in [4.78, 5) is 8.66. The SMILES string of the molecule is Cc1csc2c(NCC3(O)CCCCCC3)ncnc12. The standard InChI is InChI=1S/C15H21N3OS/c1-11-8-20-13-12(11)17-10-18-14(13)16-9-15(19)6-4-2-3-5-7-15/h8,10,19H,2-7,9H2,1H3,(H,16,17,18). The van der Waals surface area contributed by atoms with Gasteiger partial charge < -0.3 is 10.4 Å². The van der Waals surface area contributed by atoms with Gasteiger partial charge in [-0.05, 0) is 30.7 Å². The molecule has 0 amide bonds. The molecule has 0 unspecified atom stereocenters. The molecule has 2 N–H and O–H groups in total. The van der Waals surface area contributed by atoms with E-state index in [1.807, 2.05) is 0 Å². The lowest BCUT2D eigenvalue weighted by molar-refractivity contribution is 0.0381. The molecule has 0 bridgehead atoms. The molecule has 0 aromatic carbocycles. The highest BCUT2D eigenvalue weighted by atomic mass is 32.1. The van der Waals surface area contributed by atoms with Crippen LogP contribution in [0.1, 0.15) is 44.1 Å². The second-order valence-electron chi connectivity index (χ2n) is 5.81. The van der Waals surface area contributed by atoms with Gasteiger partial charge in [-0.2, -0.15) is 0 Å². The topological polar surface area (TPSA) is 58.0 Å². The number of nitrogens with zero attached hydrogens (tertiary/aromatic N) is 2. The van der Waals surface area contributed by atoms with E-state index in [2.05, 4.69) is 27.6 Å². The molecular formula is C15H21N3OS. The smallest absolute Gasteiger partial charge is 0.147 e. The van der Waals surface area contributed by atoms with Crippen LogP contribution < -0.4 is 5.32 Å². The minimum atomic E-state index is -0.583. The third-order valence-electron chi connectivity index (χ3n) is 4.15. The molecule has 5 heteroatoms. The molecule has 0 spiro atoms. The molecule has 3 rings (SSSR count). The van der Waals surface area contributed by atoms with Crippen molar-refractivity contribution in [1.82, 2.24) is 9.97 Å². The van der Waals surface area contributed by atoms with Crippen LogP contribution in [0.15, 0.2) is 11.7 Å². The Morgan fingerprint density at radius 3 is 2.75 bits per heavy atom. The number of nitrogens with one attached hydrogen (secondary N) is 1. The summed E-state index contributed by atoms with van der Waals surface area (Å²) in [7, 11) is 0. The maximum atomic E-state index is 10.7. The fraction of sp³-hybridized carbons (Fsp3) is 0.600. The van der Waals surface area contributed by atoms with Crippen LogP contribution in [-0.2, 0) is 0 Å². The van der Waals surface area contributed by atoms with E-state index in [1.165, 1.54) is 18.4 Å². The van der Waals surface area contributed by atoms with Crippen LogP contribution in [0.2, 0.25) is 0 Å². The molecule has 0 radical (unpaired) electrons. The molecule has 1 fully saturated rings. The summed E-state index contributed by atoms with van der Waals surface area (Å²) in [6, 6.07) is 0. The molecule has 2 aromatic rings. The number of aliphatic hydroxyl groups is 1. The number of thiophene rings is 1. The molecule has 1 aliphatic rings. The van der Waals surface area contributed by atoms with Crippen LogP contribution in [0.5, 0.6) is 0 Å². The predicted molar refractivity (Wildman–Crippen MR) is 83.3 cm³/mol. The highest BCUT2D eigenvalue weighted by molar-refractivity contribution is 7.18. The number of hydrogen-bond acceptors (Lipinski definition) is 5. The van der Waals surface area contributed by atoms with Crippen molar-refractivity contribution in [3.05, 3.63) is 17.3 Å². The van der Waals surface area contributed by atoms with Crippen LogP contribution in [0.25, 0.3) is 10.2 Å². The second kappa shape index (κ2) is 5.66. The lowest BCUT2D eigenvalue weighted by Gasteiger charge is -2.27. The third-order valence-corrected chi connectivity index (χ3v) is 5.24. The molecule has 0 aliphatic heterocycles. The predicted octanol–water partition coefficient (Wildman–Crippen LogP) is 3.50. The summed E-state index contributed by atoms with van der Waals surface area (Å²) in [6.45, 7) is 2.64. The lowest BCUT2D eigenvalue weighted by Crippen LogP contribution is -2.36. The zero-order valence-electron chi connectivity index (χ0n) is 11.9. The van der Waals surface area contributed by atoms with Crippen molar-refractivity contribution in [2.45, 2.75) is 51.0 Å². The van der Waals surface area contributed by atoms with Crippen LogP contribution in [0.3, 0.4) is 0 Å². The van der Waals surface area contributed by atoms with E-state index < -0.39 is 5.60 Å². The molecule has 1 saturated carbocycles. The maximum Gasteiger partial charge on any atom is 0.147 e. The largest absolute Gasteiger partial charge is 0.388 e. The number of anilines is 1. The average molecular weight is 291 g/mol. The lowest BCUT2D eigenvalue weighted by atomic mass is 9.94. The number of aryl methyl sites for hydroxylation is 1. The fourth-order valence-electron chi connectivity index (χ4n) is 2.91. The first-order chi connectivity index (χ1) is 9.68. The first-order valence-electron chi connectivity index (χ1n) is 7.33.